The number of rotatable bonds is 3. The lowest BCUT2D eigenvalue weighted by Gasteiger charge is -2.07. The third kappa shape index (κ3) is 2.83. The van der Waals surface area contributed by atoms with E-state index in [1.54, 1.807) is 12.4 Å². The molecule has 3 heteroatoms. The predicted molar refractivity (Wildman–Crippen MR) is 67.4 cm³/mol. The van der Waals surface area contributed by atoms with Gasteiger partial charge < -0.3 is 4.74 Å². The number of hydrogen-bond acceptors (Lipinski definition) is 2. The molecular weight excluding hydrogens is 266 g/mol. The van der Waals surface area contributed by atoms with E-state index in [1.165, 1.54) is 5.56 Å². The summed E-state index contributed by atoms with van der Waals surface area (Å²) in [5.41, 5.74) is 2.33. The quantitative estimate of drug-likeness (QED) is 0.853. The lowest BCUT2D eigenvalue weighted by molar-refractivity contribution is 0.305. The van der Waals surface area contributed by atoms with Crippen molar-refractivity contribution in [1.29, 1.82) is 0 Å². The van der Waals surface area contributed by atoms with Gasteiger partial charge >= 0.3 is 0 Å². The molecule has 2 aromatic rings. The van der Waals surface area contributed by atoms with Gasteiger partial charge in [-0.3, -0.25) is 4.98 Å². The number of aryl methyl sites for hydroxylation is 1. The number of aromatic nitrogens is 1. The van der Waals surface area contributed by atoms with E-state index < -0.39 is 0 Å². The van der Waals surface area contributed by atoms with Crippen molar-refractivity contribution in [3.05, 3.63) is 58.3 Å². The molecule has 0 aliphatic carbocycles. The van der Waals surface area contributed by atoms with Crippen molar-refractivity contribution in [2.75, 3.05) is 0 Å². The highest BCUT2D eigenvalue weighted by atomic mass is 79.9. The van der Waals surface area contributed by atoms with E-state index in [2.05, 4.69) is 27.8 Å². The van der Waals surface area contributed by atoms with Gasteiger partial charge in [0.25, 0.3) is 0 Å². The van der Waals surface area contributed by atoms with Crippen LogP contribution in [0.15, 0.2) is 47.2 Å². The van der Waals surface area contributed by atoms with E-state index in [0.717, 1.165) is 15.8 Å². The zero-order chi connectivity index (χ0) is 11.4. The highest BCUT2D eigenvalue weighted by Crippen LogP contribution is 2.18. The standard InChI is InChI=1S/C13H12BrNO/c1-10-2-4-12(5-3-10)16-9-11-6-7-15-8-13(11)14/h2-8H,9H2,1H3. The van der Waals surface area contributed by atoms with Gasteiger partial charge in [-0.2, -0.15) is 0 Å². The molecule has 82 valence electrons. The Morgan fingerprint density at radius 3 is 2.62 bits per heavy atom. The van der Waals surface area contributed by atoms with Crippen LogP contribution in [0.5, 0.6) is 5.75 Å². The van der Waals surface area contributed by atoms with Gasteiger partial charge in [-0.15, -0.1) is 0 Å². The second-order valence-corrected chi connectivity index (χ2v) is 4.42. The van der Waals surface area contributed by atoms with Crippen LogP contribution in [0.1, 0.15) is 11.1 Å². The zero-order valence-electron chi connectivity index (χ0n) is 8.98. The van der Waals surface area contributed by atoms with Gasteiger partial charge in [-0.05, 0) is 41.1 Å². The van der Waals surface area contributed by atoms with Crippen LogP contribution in [0, 0.1) is 6.92 Å². The highest BCUT2D eigenvalue weighted by molar-refractivity contribution is 9.10. The first kappa shape index (κ1) is 11.1. The largest absolute Gasteiger partial charge is 0.489 e. The molecular formula is C13H12BrNO. The Balaban J connectivity index is 2.02. The minimum atomic E-state index is 0.548. The molecule has 1 aromatic carbocycles. The van der Waals surface area contributed by atoms with E-state index in [9.17, 15) is 0 Å². The Morgan fingerprint density at radius 1 is 1.19 bits per heavy atom. The number of nitrogens with zero attached hydrogens (tertiary/aromatic N) is 1. The molecule has 1 aromatic heterocycles. The van der Waals surface area contributed by atoms with Gasteiger partial charge in [0.05, 0.1) is 0 Å². The summed E-state index contributed by atoms with van der Waals surface area (Å²) in [5.74, 6) is 0.884. The molecule has 0 aliphatic rings. The summed E-state index contributed by atoms with van der Waals surface area (Å²) in [5, 5.41) is 0. The fourth-order valence-electron chi connectivity index (χ4n) is 1.32. The summed E-state index contributed by atoms with van der Waals surface area (Å²) in [4.78, 5) is 4.01. The maximum absolute atomic E-state index is 5.67. The average Bonchev–Trinajstić information content (AvgIpc) is 2.30. The van der Waals surface area contributed by atoms with E-state index in [4.69, 9.17) is 4.74 Å². The molecule has 0 unspecified atom stereocenters. The van der Waals surface area contributed by atoms with E-state index in [0.29, 0.717) is 6.61 Å². The molecule has 0 aliphatic heterocycles. The highest BCUT2D eigenvalue weighted by Gasteiger charge is 2.00. The Kier molecular flexibility index (Phi) is 3.57. The lowest BCUT2D eigenvalue weighted by Crippen LogP contribution is -1.96. The van der Waals surface area contributed by atoms with Crippen molar-refractivity contribution in [1.82, 2.24) is 4.98 Å². The summed E-state index contributed by atoms with van der Waals surface area (Å²) >= 11 is 3.44. The molecule has 0 saturated carbocycles. The summed E-state index contributed by atoms with van der Waals surface area (Å²) in [6.07, 6.45) is 3.53. The number of hydrogen-bond donors (Lipinski definition) is 0. The molecule has 0 amide bonds. The third-order valence-electron chi connectivity index (χ3n) is 2.27. The van der Waals surface area contributed by atoms with Crippen LogP contribution < -0.4 is 4.74 Å². The average molecular weight is 278 g/mol. The van der Waals surface area contributed by atoms with E-state index >= 15 is 0 Å². The smallest absolute Gasteiger partial charge is 0.119 e. The molecule has 16 heavy (non-hydrogen) atoms. The van der Waals surface area contributed by atoms with Crippen molar-refractivity contribution in [2.24, 2.45) is 0 Å². The van der Waals surface area contributed by atoms with Gasteiger partial charge in [-0.1, -0.05) is 17.7 Å². The molecule has 0 bridgehead atoms. The first-order valence-electron chi connectivity index (χ1n) is 5.03. The zero-order valence-corrected chi connectivity index (χ0v) is 10.6. The Hall–Kier alpha value is -1.35. The van der Waals surface area contributed by atoms with E-state index in [1.807, 2.05) is 30.3 Å². The van der Waals surface area contributed by atoms with Crippen LogP contribution >= 0.6 is 15.9 Å². The molecule has 0 saturated heterocycles. The fraction of sp³-hybridized carbons (Fsp3) is 0.154. The molecule has 0 spiro atoms. The van der Waals surface area contributed by atoms with Crippen molar-refractivity contribution in [3.8, 4) is 5.75 Å². The normalized spacial score (nSPS) is 10.1. The van der Waals surface area contributed by atoms with Crippen molar-refractivity contribution in [3.63, 3.8) is 0 Å². The number of halogens is 1. The third-order valence-corrected chi connectivity index (χ3v) is 2.99. The summed E-state index contributed by atoms with van der Waals surface area (Å²) in [6.45, 7) is 2.61. The van der Waals surface area contributed by atoms with Gasteiger partial charge in [0, 0.05) is 22.4 Å². The van der Waals surface area contributed by atoms with Crippen LogP contribution in [0.4, 0.5) is 0 Å². The predicted octanol–water partition coefficient (Wildman–Crippen LogP) is 3.73. The fourth-order valence-corrected chi connectivity index (χ4v) is 1.68. The second-order valence-electron chi connectivity index (χ2n) is 3.57. The Morgan fingerprint density at radius 2 is 1.94 bits per heavy atom. The molecule has 2 nitrogen and oxygen atoms in total. The summed E-state index contributed by atoms with van der Waals surface area (Å²) < 4.78 is 6.64. The minimum absolute atomic E-state index is 0.548. The van der Waals surface area contributed by atoms with Crippen LogP contribution in [-0.4, -0.2) is 4.98 Å². The topological polar surface area (TPSA) is 22.1 Å². The van der Waals surface area contributed by atoms with Crippen LogP contribution in [-0.2, 0) is 6.61 Å². The SMILES string of the molecule is Cc1ccc(OCc2ccncc2Br)cc1. The molecule has 0 fully saturated rings. The minimum Gasteiger partial charge on any atom is -0.489 e. The van der Waals surface area contributed by atoms with Gasteiger partial charge in [0.2, 0.25) is 0 Å². The van der Waals surface area contributed by atoms with Crippen molar-refractivity contribution in [2.45, 2.75) is 13.5 Å². The first-order chi connectivity index (χ1) is 7.75. The molecule has 1 heterocycles. The van der Waals surface area contributed by atoms with Gasteiger partial charge in [0.15, 0.2) is 0 Å². The number of benzene rings is 1. The molecule has 0 radical (unpaired) electrons. The Labute approximate surface area is 103 Å². The van der Waals surface area contributed by atoms with Gasteiger partial charge in [0.1, 0.15) is 12.4 Å². The lowest BCUT2D eigenvalue weighted by atomic mass is 10.2. The van der Waals surface area contributed by atoms with Crippen molar-refractivity contribution >= 4 is 15.9 Å². The molecule has 0 atom stereocenters. The monoisotopic (exact) mass is 277 g/mol. The van der Waals surface area contributed by atoms with Crippen LogP contribution in [0.2, 0.25) is 0 Å². The second kappa shape index (κ2) is 5.12. The van der Waals surface area contributed by atoms with Crippen LogP contribution in [0.3, 0.4) is 0 Å². The van der Waals surface area contributed by atoms with Crippen LogP contribution in [0.25, 0.3) is 0 Å². The van der Waals surface area contributed by atoms with Crippen molar-refractivity contribution < 1.29 is 4.74 Å². The Bertz CT molecular complexity index is 468. The molecule has 0 N–H and O–H groups in total. The molecule has 2 rings (SSSR count). The number of ether oxygens (including phenoxy) is 1. The van der Waals surface area contributed by atoms with Gasteiger partial charge in [-0.25, -0.2) is 0 Å². The summed E-state index contributed by atoms with van der Waals surface area (Å²) in [7, 11) is 0. The summed E-state index contributed by atoms with van der Waals surface area (Å²) in [6, 6.07) is 9.97. The number of pyridine rings is 1. The first-order valence-corrected chi connectivity index (χ1v) is 5.83. The maximum Gasteiger partial charge on any atom is 0.119 e. The maximum atomic E-state index is 5.67. The van der Waals surface area contributed by atoms with E-state index in [-0.39, 0.29) is 0 Å².